The Bertz CT molecular complexity index is 544. The summed E-state index contributed by atoms with van der Waals surface area (Å²) in [6.45, 7) is 2.14. The molecule has 0 aromatic heterocycles. The third-order valence-corrected chi connectivity index (χ3v) is 3.88. The Morgan fingerprint density at radius 1 is 1.48 bits per heavy atom. The van der Waals surface area contributed by atoms with E-state index < -0.39 is 0 Å². The van der Waals surface area contributed by atoms with Crippen LogP contribution in [-0.4, -0.2) is 43.5 Å². The molecule has 0 bridgehead atoms. The highest BCUT2D eigenvalue weighted by Gasteiger charge is 2.19. The Morgan fingerprint density at radius 3 is 3.10 bits per heavy atom. The van der Waals surface area contributed by atoms with Crippen molar-refractivity contribution in [3.8, 4) is 11.8 Å². The van der Waals surface area contributed by atoms with Gasteiger partial charge in [0.05, 0.1) is 6.54 Å². The number of likely N-dealkylation sites (N-methyl/N-ethyl adjacent to an activating group) is 1. The number of piperidine rings is 1. The van der Waals surface area contributed by atoms with Crippen molar-refractivity contribution in [2.75, 3.05) is 26.7 Å². The zero-order valence-corrected chi connectivity index (χ0v) is 12.6. The summed E-state index contributed by atoms with van der Waals surface area (Å²) in [6.07, 6.45) is 3.65. The van der Waals surface area contributed by atoms with Crippen LogP contribution in [0.4, 0.5) is 0 Å². The van der Waals surface area contributed by atoms with Crippen LogP contribution < -0.4 is 11.1 Å². The van der Waals surface area contributed by atoms with E-state index in [-0.39, 0.29) is 5.91 Å². The third-order valence-electron chi connectivity index (χ3n) is 3.88. The molecule has 3 N–H and O–H groups in total. The topological polar surface area (TPSA) is 58.4 Å². The van der Waals surface area contributed by atoms with Gasteiger partial charge in [0.1, 0.15) is 0 Å². The molecule has 1 aromatic carbocycles. The number of hydrogen-bond donors (Lipinski definition) is 2. The van der Waals surface area contributed by atoms with Gasteiger partial charge in [-0.1, -0.05) is 24.3 Å². The Hall–Kier alpha value is -1.83. The molecule has 2 rings (SSSR count). The number of benzene rings is 1. The molecule has 21 heavy (non-hydrogen) atoms. The third kappa shape index (κ3) is 4.59. The van der Waals surface area contributed by atoms with Crippen LogP contribution in [-0.2, 0) is 0 Å². The molecule has 0 radical (unpaired) electrons. The summed E-state index contributed by atoms with van der Waals surface area (Å²) in [7, 11) is 2.12. The maximum atomic E-state index is 12.2. The molecule has 1 aromatic rings. The quantitative estimate of drug-likeness (QED) is 0.821. The molecule has 1 amide bonds. The van der Waals surface area contributed by atoms with Gasteiger partial charge in [0.2, 0.25) is 0 Å². The molecular formula is C17H23N3O. The van der Waals surface area contributed by atoms with E-state index in [1.54, 1.807) is 0 Å². The van der Waals surface area contributed by atoms with Gasteiger partial charge >= 0.3 is 0 Å². The minimum Gasteiger partial charge on any atom is -0.350 e. The molecule has 0 saturated carbocycles. The van der Waals surface area contributed by atoms with Gasteiger partial charge in [-0.05, 0) is 44.6 Å². The highest BCUT2D eigenvalue weighted by atomic mass is 16.1. The van der Waals surface area contributed by atoms with E-state index in [0.29, 0.717) is 24.7 Å². The van der Waals surface area contributed by atoms with Crippen LogP contribution in [0.5, 0.6) is 0 Å². The van der Waals surface area contributed by atoms with Crippen molar-refractivity contribution in [2.45, 2.75) is 25.3 Å². The molecule has 4 heteroatoms. The first-order valence-corrected chi connectivity index (χ1v) is 7.48. The van der Waals surface area contributed by atoms with E-state index in [1.807, 2.05) is 24.3 Å². The van der Waals surface area contributed by atoms with Gasteiger partial charge in [-0.3, -0.25) is 4.79 Å². The van der Waals surface area contributed by atoms with Crippen LogP contribution in [0.3, 0.4) is 0 Å². The predicted molar refractivity (Wildman–Crippen MR) is 85.0 cm³/mol. The zero-order chi connectivity index (χ0) is 15.1. The molecule has 0 aliphatic carbocycles. The highest BCUT2D eigenvalue weighted by Crippen LogP contribution is 2.14. The minimum absolute atomic E-state index is 0.0367. The van der Waals surface area contributed by atoms with Gasteiger partial charge in [0.15, 0.2) is 0 Å². The smallest absolute Gasteiger partial charge is 0.251 e. The van der Waals surface area contributed by atoms with Crippen molar-refractivity contribution < 1.29 is 4.79 Å². The molecule has 0 spiro atoms. The fourth-order valence-electron chi connectivity index (χ4n) is 2.61. The van der Waals surface area contributed by atoms with E-state index in [4.69, 9.17) is 5.73 Å². The normalized spacial score (nSPS) is 18.7. The average molecular weight is 285 g/mol. The molecular weight excluding hydrogens is 262 g/mol. The molecule has 112 valence electrons. The highest BCUT2D eigenvalue weighted by molar-refractivity contribution is 5.94. The molecule has 4 nitrogen and oxygen atoms in total. The summed E-state index contributed by atoms with van der Waals surface area (Å²) < 4.78 is 0. The molecule has 1 saturated heterocycles. The largest absolute Gasteiger partial charge is 0.350 e. The van der Waals surface area contributed by atoms with E-state index in [9.17, 15) is 4.79 Å². The number of nitrogens with zero attached hydrogens (tertiary/aromatic N) is 1. The molecule has 1 aliphatic heterocycles. The van der Waals surface area contributed by atoms with Gasteiger partial charge in [-0.2, -0.15) is 0 Å². The lowest BCUT2D eigenvalue weighted by molar-refractivity contribution is 0.0928. The SMILES string of the molecule is CN1CCCCC1CNC(=O)c1cccc(C#CCN)c1. The number of nitrogens with two attached hydrogens (primary N) is 1. The van der Waals surface area contributed by atoms with Gasteiger partial charge in [-0.25, -0.2) is 0 Å². The number of carbonyl (C=O) groups excluding carboxylic acids is 1. The summed E-state index contributed by atoms with van der Waals surface area (Å²) in [5.74, 6) is 5.71. The average Bonchev–Trinajstić information content (AvgIpc) is 2.52. The number of hydrogen-bond acceptors (Lipinski definition) is 3. The second-order valence-electron chi connectivity index (χ2n) is 5.43. The van der Waals surface area contributed by atoms with Crippen molar-refractivity contribution in [3.63, 3.8) is 0 Å². The van der Waals surface area contributed by atoms with Crippen molar-refractivity contribution in [1.82, 2.24) is 10.2 Å². The van der Waals surface area contributed by atoms with Crippen LogP contribution in [0.1, 0.15) is 35.2 Å². The fraction of sp³-hybridized carbons (Fsp3) is 0.471. The Labute approximate surface area is 126 Å². The standard InChI is InChI=1S/C17H23N3O/c1-20-11-3-2-9-16(20)13-19-17(21)15-8-4-6-14(12-15)7-5-10-18/h4,6,8,12,16H,2-3,9-11,13,18H2,1H3,(H,19,21). The predicted octanol–water partition coefficient (Wildman–Crippen LogP) is 1.21. The maximum Gasteiger partial charge on any atom is 0.251 e. The lowest BCUT2D eigenvalue weighted by Crippen LogP contribution is -2.44. The van der Waals surface area contributed by atoms with Crippen molar-refractivity contribution in [1.29, 1.82) is 0 Å². The molecule has 1 atom stereocenters. The Morgan fingerprint density at radius 2 is 2.33 bits per heavy atom. The monoisotopic (exact) mass is 285 g/mol. The Balaban J connectivity index is 1.93. The number of carbonyl (C=O) groups is 1. The van der Waals surface area contributed by atoms with Crippen molar-refractivity contribution >= 4 is 5.91 Å². The fourth-order valence-corrected chi connectivity index (χ4v) is 2.61. The maximum absolute atomic E-state index is 12.2. The summed E-state index contributed by atoms with van der Waals surface area (Å²) >= 11 is 0. The lowest BCUT2D eigenvalue weighted by atomic mass is 10.0. The summed E-state index contributed by atoms with van der Waals surface area (Å²) in [6, 6.07) is 7.80. The molecule has 1 aliphatic rings. The second kappa shape index (κ2) is 7.82. The number of amides is 1. The van der Waals surface area contributed by atoms with Crippen LogP contribution in [0.25, 0.3) is 0 Å². The van der Waals surface area contributed by atoms with E-state index >= 15 is 0 Å². The molecule has 1 fully saturated rings. The minimum atomic E-state index is -0.0367. The van der Waals surface area contributed by atoms with E-state index in [0.717, 1.165) is 18.5 Å². The summed E-state index contributed by atoms with van der Waals surface area (Å²) in [5.41, 5.74) is 6.83. The first-order chi connectivity index (χ1) is 10.2. The van der Waals surface area contributed by atoms with E-state index in [2.05, 4.69) is 29.1 Å². The second-order valence-corrected chi connectivity index (χ2v) is 5.43. The summed E-state index contributed by atoms with van der Waals surface area (Å²) in [5, 5.41) is 3.03. The van der Waals surface area contributed by atoms with Crippen LogP contribution >= 0.6 is 0 Å². The Kier molecular flexibility index (Phi) is 5.79. The van der Waals surface area contributed by atoms with Crippen LogP contribution in [0.15, 0.2) is 24.3 Å². The van der Waals surface area contributed by atoms with Gasteiger partial charge in [-0.15, -0.1) is 0 Å². The molecule has 1 unspecified atom stereocenters. The number of nitrogens with one attached hydrogen (secondary N) is 1. The zero-order valence-electron chi connectivity index (χ0n) is 12.6. The van der Waals surface area contributed by atoms with Crippen LogP contribution in [0, 0.1) is 11.8 Å². The van der Waals surface area contributed by atoms with Crippen molar-refractivity contribution in [3.05, 3.63) is 35.4 Å². The van der Waals surface area contributed by atoms with Crippen LogP contribution in [0.2, 0.25) is 0 Å². The first-order valence-electron chi connectivity index (χ1n) is 7.48. The number of rotatable bonds is 3. The number of likely N-dealkylation sites (tertiary alicyclic amines) is 1. The van der Waals surface area contributed by atoms with Crippen molar-refractivity contribution in [2.24, 2.45) is 5.73 Å². The summed E-state index contributed by atoms with van der Waals surface area (Å²) in [4.78, 5) is 14.5. The van der Waals surface area contributed by atoms with Gasteiger partial charge in [0, 0.05) is 23.7 Å². The first kappa shape index (κ1) is 15.6. The van der Waals surface area contributed by atoms with Gasteiger partial charge in [0.25, 0.3) is 5.91 Å². The van der Waals surface area contributed by atoms with Gasteiger partial charge < -0.3 is 16.0 Å². The molecule has 1 heterocycles. The lowest BCUT2D eigenvalue weighted by Gasteiger charge is -2.32. The van der Waals surface area contributed by atoms with E-state index in [1.165, 1.54) is 12.8 Å².